The minimum atomic E-state index is -0.230. The number of Topliss-reactive ketones (excluding diaryl/α,β-unsaturated/α-hetero) is 1. The van der Waals surface area contributed by atoms with Gasteiger partial charge in [-0.2, -0.15) is 5.10 Å². The van der Waals surface area contributed by atoms with Gasteiger partial charge in [0.1, 0.15) is 12.7 Å². The van der Waals surface area contributed by atoms with E-state index >= 15 is 0 Å². The fourth-order valence-electron chi connectivity index (χ4n) is 2.64. The molecule has 0 atom stereocenters. The maximum atomic E-state index is 12.4. The van der Waals surface area contributed by atoms with E-state index in [4.69, 9.17) is 0 Å². The molecule has 6 nitrogen and oxygen atoms in total. The van der Waals surface area contributed by atoms with Crippen molar-refractivity contribution in [2.45, 2.75) is 26.7 Å². The van der Waals surface area contributed by atoms with Crippen molar-refractivity contribution in [3.63, 3.8) is 0 Å². The van der Waals surface area contributed by atoms with Crippen LogP contribution in [-0.2, 0) is 4.79 Å². The Kier molecular flexibility index (Phi) is 5.81. The second-order valence-corrected chi connectivity index (χ2v) is 7.19. The smallest absolute Gasteiger partial charge is 0.224 e. The van der Waals surface area contributed by atoms with Gasteiger partial charge in [-0.05, 0) is 49.2 Å². The molecule has 0 aliphatic rings. The summed E-state index contributed by atoms with van der Waals surface area (Å²) in [6.45, 7) is 3.97. The van der Waals surface area contributed by atoms with E-state index in [2.05, 4.69) is 31.3 Å². The molecule has 0 fully saturated rings. The summed E-state index contributed by atoms with van der Waals surface area (Å²) in [5.41, 5.74) is 4.14. The van der Waals surface area contributed by atoms with E-state index in [1.165, 1.54) is 6.33 Å². The molecule has 0 spiro atoms. The average Bonchev–Trinajstić information content (AvgIpc) is 3.16. The normalized spacial score (nSPS) is 10.6. The number of amides is 1. The summed E-state index contributed by atoms with van der Waals surface area (Å²) in [7, 11) is 0. The van der Waals surface area contributed by atoms with Gasteiger partial charge in [0.25, 0.3) is 0 Å². The topological polar surface area (TPSA) is 76.9 Å². The molecule has 1 amide bonds. The lowest BCUT2D eigenvalue weighted by Crippen LogP contribution is -2.15. The molecule has 0 aliphatic heterocycles. The van der Waals surface area contributed by atoms with Crippen molar-refractivity contribution in [2.24, 2.45) is 0 Å². The fourth-order valence-corrected chi connectivity index (χ4v) is 3.00. The first-order chi connectivity index (χ1) is 12.9. The Hall–Kier alpha value is -2.80. The second kappa shape index (κ2) is 8.26. The molecule has 0 aliphatic carbocycles. The van der Waals surface area contributed by atoms with E-state index in [0.717, 1.165) is 15.6 Å². The van der Waals surface area contributed by atoms with Crippen molar-refractivity contribution in [1.82, 2.24) is 14.8 Å². The molecular formula is C20H19BrN4O2. The summed E-state index contributed by atoms with van der Waals surface area (Å²) in [4.78, 5) is 28.7. The third-order valence-electron chi connectivity index (χ3n) is 4.31. The zero-order valence-electron chi connectivity index (χ0n) is 15.1. The number of carbonyl (C=O) groups excluding carboxylic acids is 2. The van der Waals surface area contributed by atoms with Crippen LogP contribution in [0.15, 0.2) is 53.5 Å². The highest BCUT2D eigenvalue weighted by atomic mass is 79.9. The highest BCUT2D eigenvalue weighted by Gasteiger charge is 2.13. The maximum Gasteiger partial charge on any atom is 0.224 e. The monoisotopic (exact) mass is 426 g/mol. The average molecular weight is 427 g/mol. The van der Waals surface area contributed by atoms with E-state index < -0.39 is 0 Å². The zero-order valence-corrected chi connectivity index (χ0v) is 16.7. The molecule has 0 saturated heterocycles. The first-order valence-corrected chi connectivity index (χ1v) is 9.28. The highest BCUT2D eigenvalue weighted by molar-refractivity contribution is 9.10. The summed E-state index contributed by atoms with van der Waals surface area (Å²) < 4.78 is 2.40. The first kappa shape index (κ1) is 19.0. The van der Waals surface area contributed by atoms with Crippen molar-refractivity contribution in [1.29, 1.82) is 0 Å². The summed E-state index contributed by atoms with van der Waals surface area (Å²) in [6.07, 6.45) is 3.24. The number of hydrogen-bond acceptors (Lipinski definition) is 4. The van der Waals surface area contributed by atoms with Gasteiger partial charge in [0.05, 0.1) is 11.4 Å². The van der Waals surface area contributed by atoms with Crippen molar-refractivity contribution in [2.75, 3.05) is 5.32 Å². The zero-order chi connectivity index (χ0) is 19.4. The number of ketones is 1. The van der Waals surface area contributed by atoms with Crippen molar-refractivity contribution >= 4 is 33.3 Å². The molecule has 0 radical (unpaired) electrons. The van der Waals surface area contributed by atoms with E-state index in [1.807, 2.05) is 38.1 Å². The van der Waals surface area contributed by atoms with Gasteiger partial charge in [-0.1, -0.05) is 28.1 Å². The van der Waals surface area contributed by atoms with E-state index in [1.54, 1.807) is 23.1 Å². The van der Waals surface area contributed by atoms with Gasteiger partial charge in [-0.15, -0.1) is 0 Å². The third kappa shape index (κ3) is 4.68. The molecule has 2 aromatic carbocycles. The van der Waals surface area contributed by atoms with Crippen LogP contribution in [-0.4, -0.2) is 26.5 Å². The number of nitrogens with one attached hydrogen (secondary N) is 1. The predicted octanol–water partition coefficient (Wildman–Crippen LogP) is 4.25. The van der Waals surface area contributed by atoms with Crippen LogP contribution in [0.1, 0.15) is 34.3 Å². The van der Waals surface area contributed by atoms with Crippen LogP contribution in [0.25, 0.3) is 5.69 Å². The van der Waals surface area contributed by atoms with Gasteiger partial charge in [-0.3, -0.25) is 9.59 Å². The fraction of sp³-hybridized carbons (Fsp3) is 0.200. The number of benzene rings is 2. The van der Waals surface area contributed by atoms with Crippen LogP contribution in [0, 0.1) is 13.8 Å². The summed E-state index contributed by atoms with van der Waals surface area (Å²) in [5, 5.41) is 6.96. The number of rotatable bonds is 6. The molecule has 0 unspecified atom stereocenters. The number of anilines is 1. The van der Waals surface area contributed by atoms with Crippen molar-refractivity contribution in [3.05, 3.63) is 70.2 Å². The van der Waals surface area contributed by atoms with Crippen LogP contribution in [0.2, 0.25) is 0 Å². The molecule has 1 aromatic heterocycles. The van der Waals surface area contributed by atoms with Crippen molar-refractivity contribution in [3.8, 4) is 5.69 Å². The van der Waals surface area contributed by atoms with Crippen LogP contribution in [0.3, 0.4) is 0 Å². The molecule has 138 valence electrons. The Labute approximate surface area is 165 Å². The van der Waals surface area contributed by atoms with Gasteiger partial charge in [0.2, 0.25) is 5.91 Å². The molecule has 27 heavy (non-hydrogen) atoms. The summed E-state index contributed by atoms with van der Waals surface area (Å²) in [5.74, 6) is -0.273. The van der Waals surface area contributed by atoms with Gasteiger partial charge >= 0.3 is 0 Å². The molecule has 3 aromatic rings. The Morgan fingerprint density at radius 1 is 1.07 bits per heavy atom. The highest BCUT2D eigenvalue weighted by Crippen LogP contribution is 2.24. The lowest BCUT2D eigenvalue weighted by atomic mass is 10.0. The number of hydrogen-bond donors (Lipinski definition) is 1. The molecule has 7 heteroatoms. The first-order valence-electron chi connectivity index (χ1n) is 8.49. The van der Waals surface area contributed by atoms with Crippen LogP contribution >= 0.6 is 15.9 Å². The maximum absolute atomic E-state index is 12.4. The van der Waals surface area contributed by atoms with Crippen molar-refractivity contribution < 1.29 is 9.59 Å². The number of nitrogens with zero attached hydrogens (tertiary/aromatic N) is 3. The molecule has 3 rings (SSSR count). The minimum absolute atomic E-state index is 0.0426. The Bertz CT molecular complexity index is 984. The number of aromatic nitrogens is 3. The summed E-state index contributed by atoms with van der Waals surface area (Å²) >= 11 is 3.40. The van der Waals surface area contributed by atoms with E-state index in [-0.39, 0.29) is 24.5 Å². The summed E-state index contributed by atoms with van der Waals surface area (Å²) in [6, 6.07) is 11.1. The number of halogens is 1. The van der Waals surface area contributed by atoms with Crippen LogP contribution in [0.5, 0.6) is 0 Å². The Morgan fingerprint density at radius 3 is 2.59 bits per heavy atom. The molecular weight excluding hydrogens is 408 g/mol. The second-order valence-electron chi connectivity index (χ2n) is 6.27. The van der Waals surface area contributed by atoms with E-state index in [0.29, 0.717) is 16.9 Å². The largest absolute Gasteiger partial charge is 0.324 e. The number of aryl methyl sites for hydroxylation is 2. The lowest BCUT2D eigenvalue weighted by molar-refractivity contribution is -0.116. The molecule has 1 N–H and O–H groups in total. The number of carbonyl (C=O) groups is 2. The lowest BCUT2D eigenvalue weighted by Gasteiger charge is -2.11. The predicted molar refractivity (Wildman–Crippen MR) is 107 cm³/mol. The van der Waals surface area contributed by atoms with Crippen LogP contribution in [0.4, 0.5) is 5.69 Å². The van der Waals surface area contributed by atoms with E-state index in [9.17, 15) is 9.59 Å². The van der Waals surface area contributed by atoms with Crippen LogP contribution < -0.4 is 5.32 Å². The molecule has 1 heterocycles. The van der Waals surface area contributed by atoms with Gasteiger partial charge < -0.3 is 5.32 Å². The van der Waals surface area contributed by atoms with Gasteiger partial charge in [0.15, 0.2) is 5.78 Å². The Balaban J connectivity index is 1.67. The van der Waals surface area contributed by atoms with Gasteiger partial charge in [0, 0.05) is 22.9 Å². The quantitative estimate of drug-likeness (QED) is 0.597. The Morgan fingerprint density at radius 2 is 1.89 bits per heavy atom. The molecule has 0 bridgehead atoms. The molecule has 0 saturated carbocycles. The SMILES string of the molecule is Cc1ccc(C(=O)CCC(=O)Nc2cc(Br)ccc2-n2cncn2)cc1C. The third-order valence-corrected chi connectivity index (χ3v) is 4.80. The standard InChI is InChI=1S/C20H19BrN4O2/c1-13-3-4-15(9-14(13)2)19(26)7-8-20(27)24-17-10-16(21)5-6-18(17)25-12-22-11-23-25/h3-6,9-12H,7-8H2,1-2H3,(H,24,27). The van der Waals surface area contributed by atoms with Gasteiger partial charge in [-0.25, -0.2) is 9.67 Å². The minimum Gasteiger partial charge on any atom is -0.324 e.